The predicted molar refractivity (Wildman–Crippen MR) is 278 cm³/mol. The standard InChI is InChI=1S/C47H73N6O17PSSi2/c1-29-24-52(37-23-33(54)34(66-37)26-64-71(60,49-31(3)42(57)63-10)68-32-19-16-15-17-20-32)43(58)50(39(29)55)21-18-22-51-40(56)30(2)25-53(44(51)59)41-38(69-74(13,14)46(7,8)9)47(35(48)28-72(61,62)70-47)36(67-41)27-65-73(11,12)45(4,5)6/h15-17,19-20,24-25,28,31,33-34,36-38,41,54H,18,21-23,26-27,48H2,1-14H3,(H,49,60)/t31?,33-,34+,36+,37+,38-,41+,47?,71?/m0/s1. The van der Waals surface area contributed by atoms with Crippen molar-refractivity contribution in [2.75, 3.05) is 20.3 Å². The number of aryl methyl sites for hydroxylation is 2. The third-order valence-corrected chi connectivity index (χ3v) is 26.3. The summed E-state index contributed by atoms with van der Waals surface area (Å²) in [6.45, 7) is 23.2. The quantitative estimate of drug-likeness (QED) is 0.0654. The number of benzene rings is 1. The minimum Gasteiger partial charge on any atom is -0.468 e. The lowest BCUT2D eigenvalue weighted by molar-refractivity contribution is -0.142. The molecule has 3 unspecified atom stereocenters. The Labute approximate surface area is 432 Å². The molecule has 0 amide bonds. The third-order valence-electron chi connectivity index (χ3n) is 14.6. The molecule has 1 spiro atoms. The van der Waals surface area contributed by atoms with Crippen LogP contribution >= 0.6 is 7.75 Å². The molecule has 2 aromatic heterocycles. The number of ether oxygens (including phenoxy) is 3. The number of nitrogens with zero attached hydrogens (tertiary/aromatic N) is 4. The maximum absolute atomic E-state index is 14.8. The SMILES string of the molecule is COC(=O)C(C)NP(=O)(OC[C@H]1O[C@@H](n2cc(C)c(=O)n(CCCn3c(=O)c(C)cn([C@@H]4O[C@H](CO[Si](C)(C)C(C)(C)C)C5(OS(=O)(=O)C=C5N)[C@H]4O[Si](C)(C)C(C)(C)C)c3=O)c2=O)C[C@@H]1O)Oc1ccccc1. The summed E-state index contributed by atoms with van der Waals surface area (Å²) in [6, 6.07) is 6.91. The molecular formula is C47H73N6O17PSSi2. The van der Waals surface area contributed by atoms with Gasteiger partial charge in [-0.2, -0.15) is 13.5 Å². The number of carbonyl (C=O) groups excluding carboxylic acids is 1. The van der Waals surface area contributed by atoms with Crippen molar-refractivity contribution in [2.45, 2.75) is 173 Å². The lowest BCUT2D eigenvalue weighted by Crippen LogP contribution is -2.59. The second-order valence-electron chi connectivity index (χ2n) is 22.1. The molecule has 74 heavy (non-hydrogen) atoms. The van der Waals surface area contributed by atoms with Crippen LogP contribution in [0.2, 0.25) is 36.3 Å². The largest absolute Gasteiger partial charge is 0.468 e. The molecule has 9 atom stereocenters. The van der Waals surface area contributed by atoms with Gasteiger partial charge < -0.3 is 38.4 Å². The smallest absolute Gasteiger partial charge is 0.459 e. The van der Waals surface area contributed by atoms with Crippen LogP contribution in [0.4, 0.5) is 0 Å². The van der Waals surface area contributed by atoms with Gasteiger partial charge in [0, 0.05) is 43.0 Å². The van der Waals surface area contributed by atoms with E-state index in [0.29, 0.717) is 0 Å². The number of aliphatic hydroxyl groups excluding tert-OH is 1. The fourth-order valence-corrected chi connectivity index (χ4v) is 13.3. The van der Waals surface area contributed by atoms with E-state index < -0.39 is 123 Å². The first-order chi connectivity index (χ1) is 34.1. The first-order valence-electron chi connectivity index (χ1n) is 24.3. The monoisotopic (exact) mass is 1110 g/mol. The van der Waals surface area contributed by atoms with Crippen molar-refractivity contribution in [1.82, 2.24) is 23.4 Å². The Bertz CT molecular complexity index is 3020. The highest BCUT2D eigenvalue weighted by Crippen LogP contribution is 2.52. The molecule has 1 aromatic carbocycles. The molecular weight excluding hydrogens is 1040 g/mol. The molecule has 412 valence electrons. The summed E-state index contributed by atoms with van der Waals surface area (Å²) in [5, 5.41) is 13.8. The van der Waals surface area contributed by atoms with Crippen LogP contribution in [0.1, 0.15) is 84.9 Å². The van der Waals surface area contributed by atoms with E-state index in [1.165, 1.54) is 49.9 Å². The van der Waals surface area contributed by atoms with Crippen LogP contribution in [0.5, 0.6) is 5.75 Å². The number of aliphatic hydroxyl groups is 1. The molecule has 4 N–H and O–H groups in total. The highest BCUT2D eigenvalue weighted by atomic mass is 32.2. The van der Waals surface area contributed by atoms with Crippen LogP contribution in [-0.2, 0) is 64.3 Å². The van der Waals surface area contributed by atoms with Gasteiger partial charge in [-0.05, 0) is 75.6 Å². The average Bonchev–Trinajstić information content (AvgIpc) is 3.90. The molecule has 2 fully saturated rings. The second kappa shape index (κ2) is 21.6. The van der Waals surface area contributed by atoms with Crippen molar-refractivity contribution in [3.05, 3.63) is 107 Å². The van der Waals surface area contributed by atoms with Gasteiger partial charge >= 0.3 is 25.1 Å². The van der Waals surface area contributed by atoms with Gasteiger partial charge in [0.25, 0.3) is 21.2 Å². The number of esters is 1. The van der Waals surface area contributed by atoms with Gasteiger partial charge in [-0.25, -0.2) is 18.3 Å². The Morgan fingerprint density at radius 1 is 0.905 bits per heavy atom. The van der Waals surface area contributed by atoms with Gasteiger partial charge in [-0.1, -0.05) is 59.7 Å². The number of hydrogen-bond donors (Lipinski definition) is 3. The molecule has 0 saturated carbocycles. The van der Waals surface area contributed by atoms with E-state index in [0.717, 1.165) is 26.2 Å². The molecule has 0 aliphatic carbocycles. The van der Waals surface area contributed by atoms with Crippen molar-refractivity contribution in [3.63, 3.8) is 0 Å². The van der Waals surface area contributed by atoms with Crippen molar-refractivity contribution < 1.29 is 59.2 Å². The van der Waals surface area contributed by atoms with E-state index in [9.17, 15) is 42.1 Å². The molecule has 5 heterocycles. The number of rotatable bonds is 19. The summed E-state index contributed by atoms with van der Waals surface area (Å²) >= 11 is 0. The van der Waals surface area contributed by atoms with Gasteiger partial charge in [-0.15, -0.1) is 0 Å². The van der Waals surface area contributed by atoms with Crippen LogP contribution in [0.15, 0.2) is 73.0 Å². The maximum Gasteiger partial charge on any atom is 0.459 e. The van der Waals surface area contributed by atoms with E-state index >= 15 is 0 Å². The van der Waals surface area contributed by atoms with Crippen LogP contribution in [0, 0.1) is 13.8 Å². The fourth-order valence-electron chi connectivity index (χ4n) is 8.28. The molecule has 0 radical (unpaired) electrons. The van der Waals surface area contributed by atoms with Crippen LogP contribution in [0.3, 0.4) is 0 Å². The molecule has 3 aliphatic heterocycles. The van der Waals surface area contributed by atoms with Gasteiger partial charge in [0.1, 0.15) is 36.3 Å². The van der Waals surface area contributed by atoms with E-state index in [4.69, 9.17) is 42.0 Å². The molecule has 27 heteroatoms. The van der Waals surface area contributed by atoms with Crippen LogP contribution in [0.25, 0.3) is 0 Å². The Hall–Kier alpha value is -4.32. The lowest BCUT2D eigenvalue weighted by atomic mass is 9.89. The predicted octanol–water partition coefficient (Wildman–Crippen LogP) is 4.25. The summed E-state index contributed by atoms with van der Waals surface area (Å²) in [6.07, 6.45) is -5.14. The highest BCUT2D eigenvalue weighted by molar-refractivity contribution is 7.90. The normalized spacial score (nSPS) is 25.5. The molecule has 3 aromatic rings. The Kier molecular flexibility index (Phi) is 17.2. The zero-order chi connectivity index (χ0) is 55.3. The number of nitrogens with one attached hydrogen (secondary N) is 1. The maximum atomic E-state index is 14.8. The van der Waals surface area contributed by atoms with Gasteiger partial charge in [0.2, 0.25) is 0 Å². The van der Waals surface area contributed by atoms with E-state index in [-0.39, 0.29) is 60.1 Å². The lowest BCUT2D eigenvalue weighted by Gasteiger charge is -2.43. The van der Waals surface area contributed by atoms with E-state index in [1.807, 2.05) is 67.7 Å². The summed E-state index contributed by atoms with van der Waals surface area (Å²) in [7, 11) is -13.0. The summed E-state index contributed by atoms with van der Waals surface area (Å²) in [5.74, 6) is -0.590. The zero-order valence-electron chi connectivity index (χ0n) is 44.6. The molecule has 23 nitrogen and oxygen atoms in total. The Balaban J connectivity index is 1.28. The fraction of sp³-hybridized carbons (Fsp3) is 0.638. The zero-order valence-corrected chi connectivity index (χ0v) is 48.3. The third kappa shape index (κ3) is 12.1. The Morgan fingerprint density at radius 3 is 1.99 bits per heavy atom. The number of para-hydroxylation sites is 1. The molecule has 2 saturated heterocycles. The summed E-state index contributed by atoms with van der Waals surface area (Å²) in [4.78, 5) is 68.6. The first kappa shape index (κ1) is 58.9. The number of methoxy groups -OCH3 is 1. The molecule has 3 aliphatic rings. The molecule has 0 bridgehead atoms. The Morgan fingerprint density at radius 2 is 1.46 bits per heavy atom. The van der Waals surface area contributed by atoms with Crippen molar-refractivity contribution in [2.24, 2.45) is 5.73 Å². The van der Waals surface area contributed by atoms with Crippen molar-refractivity contribution >= 4 is 40.5 Å². The minimum absolute atomic E-state index is 0.0884. The van der Waals surface area contributed by atoms with E-state index in [2.05, 4.69) is 5.09 Å². The summed E-state index contributed by atoms with van der Waals surface area (Å²) in [5.41, 5.74) is 1.74. The van der Waals surface area contributed by atoms with Gasteiger partial charge in [-0.3, -0.25) is 37.2 Å². The van der Waals surface area contributed by atoms with E-state index in [1.54, 1.807) is 18.2 Å². The highest BCUT2D eigenvalue weighted by Gasteiger charge is 2.67. The first-order valence-corrected chi connectivity index (χ1v) is 33.2. The number of carbonyl (C=O) groups is 1. The topological polar surface area (TPSA) is 288 Å². The number of hydrogen-bond acceptors (Lipinski definition) is 18. The average molecular weight is 1110 g/mol. The van der Waals surface area contributed by atoms with Crippen molar-refractivity contribution in [1.29, 1.82) is 0 Å². The molecule has 6 rings (SSSR count). The minimum atomic E-state index is -4.38. The van der Waals surface area contributed by atoms with Gasteiger partial charge in [0.15, 0.2) is 28.5 Å². The number of aromatic nitrogens is 4. The number of nitrogens with two attached hydrogens (primary N) is 1. The van der Waals surface area contributed by atoms with Crippen molar-refractivity contribution in [3.8, 4) is 5.75 Å². The van der Waals surface area contributed by atoms with Crippen LogP contribution in [-0.4, -0.2) is 111 Å². The van der Waals surface area contributed by atoms with Crippen LogP contribution < -0.4 is 37.8 Å². The second-order valence-corrected chi connectivity index (χ2v) is 34.8. The van der Waals surface area contributed by atoms with Gasteiger partial charge in [0.05, 0.1) is 37.5 Å². The summed E-state index contributed by atoms with van der Waals surface area (Å²) < 4.78 is 93.2.